The molecule has 1 atom stereocenters. The second-order valence-corrected chi connectivity index (χ2v) is 4.57. The van der Waals surface area contributed by atoms with Gasteiger partial charge in [-0.2, -0.15) is 0 Å². The van der Waals surface area contributed by atoms with Crippen molar-refractivity contribution in [2.24, 2.45) is 0 Å². The van der Waals surface area contributed by atoms with E-state index in [0.29, 0.717) is 6.42 Å². The van der Waals surface area contributed by atoms with Crippen LogP contribution in [0, 0.1) is 0 Å². The number of fused-ring (bicyclic) bond motifs is 1. The molecule has 1 aliphatic heterocycles. The topological polar surface area (TPSA) is 41.1 Å². The van der Waals surface area contributed by atoms with Crippen molar-refractivity contribution in [3.05, 3.63) is 60.2 Å². The van der Waals surface area contributed by atoms with E-state index in [-0.39, 0.29) is 10.6 Å². The average molecular weight is 254 g/mol. The molecule has 2 N–H and O–H groups in total. The maximum atomic E-state index is 12.4. The minimum absolute atomic E-state index is 0.0415. The zero-order valence-electron chi connectivity index (χ0n) is 10.8. The predicted molar refractivity (Wildman–Crippen MR) is 76.1 cm³/mol. The Kier molecular flexibility index (Phi) is 2.81. The van der Waals surface area contributed by atoms with Crippen LogP contribution in [0.15, 0.2) is 54.6 Å². The molecule has 0 fully saturated rings. The predicted octanol–water partition coefficient (Wildman–Crippen LogP) is 2.24. The zero-order chi connectivity index (χ0) is 13.3. The lowest BCUT2D eigenvalue weighted by Gasteiger charge is -2.29. The maximum Gasteiger partial charge on any atom is 0.367 e. The van der Waals surface area contributed by atoms with Gasteiger partial charge in [-0.05, 0) is 12.1 Å². The van der Waals surface area contributed by atoms with E-state index in [4.69, 9.17) is 0 Å². The Bertz CT molecular complexity index is 612. The first-order chi connectivity index (χ1) is 9.26. The first kappa shape index (κ1) is 11.9. The molecule has 1 unspecified atom stereocenters. The fourth-order valence-electron chi connectivity index (χ4n) is 2.53. The summed E-state index contributed by atoms with van der Waals surface area (Å²) in [6.45, 7) is 0. The third-order valence-corrected chi connectivity index (χ3v) is 3.47. The molecular weight excluding hydrogens is 238 g/mol. The Labute approximate surface area is 112 Å². The summed E-state index contributed by atoms with van der Waals surface area (Å²) in [4.78, 5) is 12.4. The lowest BCUT2D eigenvalue weighted by molar-refractivity contribution is -0.129. The van der Waals surface area contributed by atoms with E-state index in [0.717, 1.165) is 16.9 Å². The van der Waals surface area contributed by atoms with Gasteiger partial charge >= 0.3 is 5.91 Å². The number of nitrogens with zero attached hydrogens (tertiary/aromatic N) is 1. The van der Waals surface area contributed by atoms with Crippen LogP contribution in [0.25, 0.3) is 0 Å². The van der Waals surface area contributed by atoms with Gasteiger partial charge in [-0.3, -0.25) is 0 Å². The van der Waals surface area contributed by atoms with E-state index in [1.54, 1.807) is 7.05 Å². The van der Waals surface area contributed by atoms with Crippen LogP contribution in [-0.4, -0.2) is 13.0 Å². The van der Waals surface area contributed by atoms with Crippen LogP contribution < -0.4 is 15.6 Å². The highest BCUT2D eigenvalue weighted by molar-refractivity contribution is 5.97. The van der Waals surface area contributed by atoms with E-state index in [1.807, 2.05) is 54.6 Å². The zero-order valence-corrected chi connectivity index (χ0v) is 10.8. The van der Waals surface area contributed by atoms with Crippen molar-refractivity contribution in [1.82, 2.24) is 10.1 Å². The number of carbonyl (C=O) groups is 1. The Morgan fingerprint density at radius 1 is 1.00 bits per heavy atom. The van der Waals surface area contributed by atoms with E-state index >= 15 is 0 Å². The summed E-state index contributed by atoms with van der Waals surface area (Å²) in [6, 6.07) is 17.6. The number of quaternary nitrogens is 1. The molecule has 0 saturated heterocycles. The average Bonchev–Trinajstić information content (AvgIpc) is 2.73. The van der Waals surface area contributed by atoms with Crippen LogP contribution in [-0.2, 0) is 11.2 Å². The number of anilines is 1. The molecule has 4 heteroatoms. The lowest BCUT2D eigenvalue weighted by Crippen LogP contribution is -2.64. The fraction of sp³-hybridized carbons (Fsp3) is 0.133. The largest absolute Gasteiger partial charge is 0.367 e. The number of hydrogen-bond donors (Lipinski definition) is 2. The van der Waals surface area contributed by atoms with Crippen molar-refractivity contribution in [2.45, 2.75) is 6.42 Å². The van der Waals surface area contributed by atoms with Gasteiger partial charge in [0.15, 0.2) is 5.69 Å². The van der Waals surface area contributed by atoms with E-state index < -0.39 is 0 Å². The van der Waals surface area contributed by atoms with Gasteiger partial charge in [-0.15, -0.1) is 5.43 Å². The maximum absolute atomic E-state index is 12.4. The van der Waals surface area contributed by atoms with Gasteiger partial charge in [0.1, 0.15) is 0 Å². The summed E-state index contributed by atoms with van der Waals surface area (Å²) in [5.41, 5.74) is 9.32. The molecule has 0 aliphatic carbocycles. The van der Waals surface area contributed by atoms with Crippen LogP contribution in [0.3, 0.4) is 0 Å². The lowest BCUT2D eigenvalue weighted by atomic mass is 10.2. The second kappa shape index (κ2) is 4.50. The number of carbonyl (C=O) groups excluding carboxylic acids is 1. The first-order valence-corrected chi connectivity index (χ1v) is 6.29. The summed E-state index contributed by atoms with van der Waals surface area (Å²) in [7, 11) is 1.79. The van der Waals surface area contributed by atoms with Gasteiger partial charge in [0.25, 0.3) is 0 Å². The highest BCUT2D eigenvalue weighted by Gasteiger charge is 2.47. The first-order valence-electron chi connectivity index (χ1n) is 6.29. The normalized spacial score (nSPS) is 21.2. The number of hydrogen-bond acceptors (Lipinski definition) is 3. The summed E-state index contributed by atoms with van der Waals surface area (Å²) < 4.78 is -0.0415. The molecule has 0 aromatic heterocycles. The standard InChI is InChI=1S/C15H16N3O/c1-16-18(17-13-8-3-2-4-9-13)14-10-6-5-7-12(14)11-15(18)19/h2-10,16-17H,11H2,1H3/q+1. The van der Waals surface area contributed by atoms with Crippen LogP contribution in [0.4, 0.5) is 11.4 Å². The van der Waals surface area contributed by atoms with Crippen molar-refractivity contribution in [3.63, 3.8) is 0 Å². The molecule has 4 nitrogen and oxygen atoms in total. The van der Waals surface area contributed by atoms with Crippen LogP contribution >= 0.6 is 0 Å². The van der Waals surface area contributed by atoms with Crippen molar-refractivity contribution in [3.8, 4) is 0 Å². The minimum Gasteiger partial charge on any atom is -0.225 e. The number of rotatable bonds is 3. The molecular formula is C15H16N3O+. The van der Waals surface area contributed by atoms with Crippen molar-refractivity contribution < 1.29 is 4.79 Å². The second-order valence-electron chi connectivity index (χ2n) is 4.57. The summed E-state index contributed by atoms with van der Waals surface area (Å²) >= 11 is 0. The van der Waals surface area contributed by atoms with Gasteiger partial charge in [-0.25, -0.2) is 10.2 Å². The molecule has 0 spiro atoms. The van der Waals surface area contributed by atoms with E-state index in [1.165, 1.54) is 0 Å². The molecule has 0 bridgehead atoms. The van der Waals surface area contributed by atoms with E-state index in [2.05, 4.69) is 10.9 Å². The molecule has 0 saturated carbocycles. The van der Waals surface area contributed by atoms with Gasteiger partial charge in [0, 0.05) is 18.7 Å². The Morgan fingerprint density at radius 3 is 2.42 bits per heavy atom. The van der Waals surface area contributed by atoms with Crippen LogP contribution in [0.2, 0.25) is 0 Å². The molecule has 2 aromatic rings. The molecule has 3 rings (SSSR count). The van der Waals surface area contributed by atoms with Gasteiger partial charge < -0.3 is 0 Å². The SMILES string of the molecule is CN[N+]1(Nc2ccccc2)C(=O)Cc2ccccc21. The molecule has 2 aromatic carbocycles. The van der Waals surface area contributed by atoms with Gasteiger partial charge in [0.2, 0.25) is 0 Å². The highest BCUT2D eigenvalue weighted by atomic mass is 16.2. The van der Waals surface area contributed by atoms with Crippen LogP contribution in [0.5, 0.6) is 0 Å². The monoisotopic (exact) mass is 254 g/mol. The van der Waals surface area contributed by atoms with Gasteiger partial charge in [0.05, 0.1) is 12.1 Å². The number of para-hydroxylation sites is 2. The fourth-order valence-corrected chi connectivity index (χ4v) is 2.53. The quantitative estimate of drug-likeness (QED) is 0.825. The van der Waals surface area contributed by atoms with Gasteiger partial charge in [-0.1, -0.05) is 41.1 Å². The summed E-state index contributed by atoms with van der Waals surface area (Å²) in [5.74, 6) is 0.0903. The third kappa shape index (κ3) is 1.82. The number of amides is 1. The highest BCUT2D eigenvalue weighted by Crippen LogP contribution is 2.33. The van der Waals surface area contributed by atoms with Crippen molar-refractivity contribution in [2.75, 3.05) is 12.5 Å². The Balaban J connectivity index is 2.06. The van der Waals surface area contributed by atoms with E-state index in [9.17, 15) is 4.79 Å². The molecule has 1 amide bonds. The molecule has 1 aliphatic rings. The molecule has 96 valence electrons. The number of benzene rings is 2. The number of nitrogens with one attached hydrogen (secondary N) is 2. The Hall–Kier alpha value is -2.17. The van der Waals surface area contributed by atoms with Crippen molar-refractivity contribution >= 4 is 17.3 Å². The molecule has 19 heavy (non-hydrogen) atoms. The minimum atomic E-state index is -0.0415. The summed E-state index contributed by atoms with van der Waals surface area (Å²) in [5, 5.41) is 0. The van der Waals surface area contributed by atoms with Crippen molar-refractivity contribution in [1.29, 1.82) is 0 Å². The molecule has 1 heterocycles. The third-order valence-electron chi connectivity index (χ3n) is 3.47. The summed E-state index contributed by atoms with van der Waals surface area (Å²) in [6.07, 6.45) is 0.441. The smallest absolute Gasteiger partial charge is 0.225 e. The molecule has 0 radical (unpaired) electrons. The van der Waals surface area contributed by atoms with Crippen LogP contribution in [0.1, 0.15) is 5.56 Å². The Morgan fingerprint density at radius 2 is 1.68 bits per heavy atom.